The summed E-state index contributed by atoms with van der Waals surface area (Å²) in [7, 11) is -2.84. The first-order valence-corrected chi connectivity index (χ1v) is 8.92. The molecule has 0 spiro atoms. The lowest BCUT2D eigenvalue weighted by Gasteiger charge is -2.19. The van der Waals surface area contributed by atoms with Crippen LogP contribution in [0.2, 0.25) is 10.0 Å². The van der Waals surface area contributed by atoms with E-state index in [-0.39, 0.29) is 26.7 Å². The summed E-state index contributed by atoms with van der Waals surface area (Å²) in [5.74, 6) is 0.132. The van der Waals surface area contributed by atoms with Gasteiger partial charge in [0, 0.05) is 9.86 Å². The Balaban J connectivity index is 2.02. The van der Waals surface area contributed by atoms with Crippen molar-refractivity contribution in [3.63, 3.8) is 0 Å². The highest BCUT2D eigenvalue weighted by atomic mass is 35.5. The van der Waals surface area contributed by atoms with Crippen LogP contribution in [0, 0.1) is 0 Å². The lowest BCUT2D eigenvalue weighted by Crippen LogP contribution is -2.42. The molecular formula is C12H9Cl3N5O3S+. The van der Waals surface area contributed by atoms with Gasteiger partial charge in [0.25, 0.3) is 0 Å². The van der Waals surface area contributed by atoms with Gasteiger partial charge in [0.1, 0.15) is 6.21 Å². The molecule has 2 aliphatic rings. The molecule has 1 N–H and O–H groups in total. The lowest BCUT2D eigenvalue weighted by atomic mass is 10.3. The highest BCUT2D eigenvalue weighted by molar-refractivity contribution is 8.07. The number of nitrogens with one attached hydrogen (secondary N) is 1. The number of hydrogen-bond acceptors (Lipinski definition) is 6. The summed E-state index contributed by atoms with van der Waals surface area (Å²) in [5, 5.41) is 3.81. The standard InChI is InChI=1S/C12H9Cl3N5O3S/c1-23-20-6-9(15)16-5-10(20)17-12(18-20)24(21,22)19-11-7(13)3-2-4-8(11)14/h2-6,19H,1H3/q+1. The molecule has 0 aliphatic carbocycles. The largest absolute Gasteiger partial charge is 0.331 e. The number of hydroxylamine groups is 2. The number of anilines is 1. The van der Waals surface area contributed by atoms with E-state index in [1.165, 1.54) is 31.7 Å². The predicted molar refractivity (Wildman–Crippen MR) is 93.6 cm³/mol. The maximum absolute atomic E-state index is 12.6. The number of amidine groups is 2. The van der Waals surface area contributed by atoms with Crippen molar-refractivity contribution in [2.24, 2.45) is 15.1 Å². The zero-order valence-electron chi connectivity index (χ0n) is 11.9. The molecule has 1 aromatic rings. The van der Waals surface area contributed by atoms with Gasteiger partial charge in [0.15, 0.2) is 5.16 Å². The van der Waals surface area contributed by atoms with Crippen LogP contribution in [-0.2, 0) is 14.9 Å². The summed E-state index contributed by atoms with van der Waals surface area (Å²) in [6.07, 6.45) is 2.56. The van der Waals surface area contributed by atoms with E-state index >= 15 is 0 Å². The van der Waals surface area contributed by atoms with E-state index in [0.29, 0.717) is 0 Å². The fourth-order valence-electron chi connectivity index (χ4n) is 1.95. The van der Waals surface area contributed by atoms with E-state index in [1.54, 1.807) is 6.07 Å². The van der Waals surface area contributed by atoms with Gasteiger partial charge >= 0.3 is 21.0 Å². The highest BCUT2D eigenvalue weighted by Crippen LogP contribution is 2.32. The van der Waals surface area contributed by atoms with Gasteiger partial charge in [-0.3, -0.25) is 4.72 Å². The zero-order valence-corrected chi connectivity index (χ0v) is 15.0. The molecule has 0 saturated heterocycles. The molecule has 2 heterocycles. The number of para-hydroxylation sites is 1. The predicted octanol–water partition coefficient (Wildman–Crippen LogP) is 2.92. The van der Waals surface area contributed by atoms with Crippen molar-refractivity contribution in [2.45, 2.75) is 0 Å². The lowest BCUT2D eigenvalue weighted by molar-refractivity contribution is -0.993. The second kappa shape index (κ2) is 6.10. The second-order valence-corrected chi connectivity index (χ2v) is 7.35. The number of aliphatic imine (C=N–C) groups is 2. The van der Waals surface area contributed by atoms with E-state index in [0.717, 1.165) is 0 Å². The molecule has 0 fully saturated rings. The molecule has 0 bridgehead atoms. The molecule has 1 unspecified atom stereocenters. The molecule has 1 atom stereocenters. The Labute approximate surface area is 152 Å². The minimum absolute atomic E-state index is 0.0276. The zero-order chi connectivity index (χ0) is 17.5. The third kappa shape index (κ3) is 2.94. The molecule has 12 heteroatoms. The van der Waals surface area contributed by atoms with Crippen LogP contribution < -0.4 is 4.72 Å². The molecule has 3 rings (SSSR count). The monoisotopic (exact) mass is 408 g/mol. The number of sulfonamides is 1. The smallest absolute Gasteiger partial charge is 0.274 e. The van der Waals surface area contributed by atoms with Crippen molar-refractivity contribution in [1.29, 1.82) is 0 Å². The molecule has 0 aromatic heterocycles. The van der Waals surface area contributed by atoms with Crippen molar-refractivity contribution in [1.82, 2.24) is 0 Å². The first-order valence-electron chi connectivity index (χ1n) is 6.31. The summed E-state index contributed by atoms with van der Waals surface area (Å²) in [5.41, 5.74) is 0.0276. The molecule has 126 valence electrons. The highest BCUT2D eigenvalue weighted by Gasteiger charge is 2.46. The summed E-state index contributed by atoms with van der Waals surface area (Å²) in [4.78, 5) is 13.0. The Morgan fingerprint density at radius 1 is 1.21 bits per heavy atom. The van der Waals surface area contributed by atoms with Crippen LogP contribution in [0.25, 0.3) is 0 Å². The second-order valence-electron chi connectivity index (χ2n) is 4.57. The van der Waals surface area contributed by atoms with Gasteiger partial charge in [-0.05, 0) is 12.1 Å². The van der Waals surface area contributed by atoms with Crippen LogP contribution in [0.4, 0.5) is 5.69 Å². The normalized spacial score (nSPS) is 22.6. The van der Waals surface area contributed by atoms with E-state index in [9.17, 15) is 8.42 Å². The summed E-state index contributed by atoms with van der Waals surface area (Å²) >= 11 is 17.8. The van der Waals surface area contributed by atoms with Gasteiger partial charge in [-0.25, -0.2) is 4.99 Å². The SMILES string of the molecule is CO[N+]12C=C(Cl)N=CC1=NC(S(=O)(=O)Nc1c(Cl)cccc1Cl)=N2. The number of benzene rings is 1. The first kappa shape index (κ1) is 17.3. The number of hydrogen-bond donors (Lipinski definition) is 1. The van der Waals surface area contributed by atoms with Crippen LogP contribution in [-0.4, -0.2) is 37.5 Å². The Bertz CT molecular complexity index is 921. The van der Waals surface area contributed by atoms with Crippen LogP contribution in [0.5, 0.6) is 0 Å². The van der Waals surface area contributed by atoms with E-state index in [2.05, 4.69) is 19.8 Å². The van der Waals surface area contributed by atoms with Crippen LogP contribution >= 0.6 is 34.8 Å². The van der Waals surface area contributed by atoms with Gasteiger partial charge < -0.3 is 0 Å². The maximum atomic E-state index is 12.6. The molecule has 2 aliphatic heterocycles. The molecule has 24 heavy (non-hydrogen) atoms. The van der Waals surface area contributed by atoms with E-state index in [4.69, 9.17) is 39.6 Å². The van der Waals surface area contributed by atoms with Crippen LogP contribution in [0.15, 0.2) is 44.6 Å². The van der Waals surface area contributed by atoms with Crippen LogP contribution in [0.1, 0.15) is 0 Å². The Hall–Kier alpha value is -1.49. The molecule has 1 aromatic carbocycles. The van der Waals surface area contributed by atoms with Crippen molar-refractivity contribution in [2.75, 3.05) is 11.8 Å². The fourth-order valence-corrected chi connectivity index (χ4v) is 3.76. The van der Waals surface area contributed by atoms with Crippen molar-refractivity contribution >= 4 is 67.7 Å². The number of rotatable bonds is 3. The average molecular weight is 410 g/mol. The number of quaternary nitrogens is 1. The molecule has 0 saturated carbocycles. The minimum atomic E-state index is -4.17. The van der Waals surface area contributed by atoms with E-state index < -0.39 is 19.9 Å². The average Bonchev–Trinajstić information content (AvgIpc) is 2.91. The quantitative estimate of drug-likeness (QED) is 0.614. The number of fused-ring (bicyclic) bond motifs is 1. The fraction of sp³-hybridized carbons (Fsp3) is 0.0833. The first-order chi connectivity index (χ1) is 11.3. The molecule has 8 nitrogen and oxygen atoms in total. The maximum Gasteiger partial charge on any atom is 0.331 e. The topological polar surface area (TPSA) is 92.5 Å². The number of halogens is 3. The molecular weight excluding hydrogens is 401 g/mol. The van der Waals surface area contributed by atoms with Crippen LogP contribution in [0.3, 0.4) is 0 Å². The van der Waals surface area contributed by atoms with Gasteiger partial charge in [0.05, 0.1) is 22.8 Å². The third-order valence-electron chi connectivity index (χ3n) is 3.08. The summed E-state index contributed by atoms with van der Waals surface area (Å²) < 4.78 is 26.7. The van der Waals surface area contributed by atoms with Crippen molar-refractivity contribution in [3.8, 4) is 0 Å². The molecule has 0 radical (unpaired) electrons. The summed E-state index contributed by atoms with van der Waals surface area (Å²) in [6, 6.07) is 4.58. The number of nitrogens with zero attached hydrogens (tertiary/aromatic N) is 4. The van der Waals surface area contributed by atoms with Crippen molar-refractivity contribution in [3.05, 3.63) is 39.6 Å². The van der Waals surface area contributed by atoms with Gasteiger partial charge in [-0.1, -0.05) is 40.9 Å². The van der Waals surface area contributed by atoms with Crippen molar-refractivity contribution < 1.29 is 18.0 Å². The Kier molecular flexibility index (Phi) is 4.41. The third-order valence-corrected chi connectivity index (χ3v) is 5.03. The van der Waals surface area contributed by atoms with E-state index in [1.807, 2.05) is 0 Å². The van der Waals surface area contributed by atoms with Gasteiger partial charge in [-0.2, -0.15) is 18.2 Å². The van der Waals surface area contributed by atoms with Gasteiger partial charge in [-0.15, -0.1) is 0 Å². The summed E-state index contributed by atoms with van der Waals surface area (Å²) in [6.45, 7) is 0. The Morgan fingerprint density at radius 2 is 1.88 bits per heavy atom. The Morgan fingerprint density at radius 3 is 2.50 bits per heavy atom. The molecule has 0 amide bonds. The minimum Gasteiger partial charge on any atom is -0.274 e. The van der Waals surface area contributed by atoms with Gasteiger partial charge in [0.2, 0.25) is 6.20 Å².